The minimum Gasteiger partial charge on any atom is -0.465 e. The SMILES string of the molecule is COC(=O)c1sc(N)c(C(=O)OC)c1COC(=O)c1ccc(CN2CCCC2=O)cc1. The van der Waals surface area contributed by atoms with Crippen molar-refractivity contribution in [1.29, 1.82) is 0 Å². The molecule has 1 aliphatic rings. The Morgan fingerprint density at radius 2 is 1.74 bits per heavy atom. The number of benzene rings is 1. The largest absolute Gasteiger partial charge is 0.465 e. The van der Waals surface area contributed by atoms with Crippen LogP contribution in [0, 0.1) is 0 Å². The maximum Gasteiger partial charge on any atom is 0.348 e. The third-order valence-electron chi connectivity index (χ3n) is 4.88. The molecule has 3 rings (SSSR count). The number of hydrogen-bond acceptors (Lipinski definition) is 9. The van der Waals surface area contributed by atoms with Crippen LogP contribution in [0.3, 0.4) is 0 Å². The summed E-state index contributed by atoms with van der Waals surface area (Å²) in [5, 5.41) is 0.0686. The Labute approximate surface area is 182 Å². The van der Waals surface area contributed by atoms with Crippen LogP contribution in [0.25, 0.3) is 0 Å². The minimum absolute atomic E-state index is 0.0219. The molecule has 9 nitrogen and oxygen atoms in total. The van der Waals surface area contributed by atoms with Crippen molar-refractivity contribution in [2.24, 2.45) is 0 Å². The molecule has 2 aromatic rings. The van der Waals surface area contributed by atoms with Gasteiger partial charge in [-0.25, -0.2) is 14.4 Å². The molecule has 10 heteroatoms. The lowest BCUT2D eigenvalue weighted by Crippen LogP contribution is -2.23. The first-order valence-electron chi connectivity index (χ1n) is 9.47. The molecule has 2 N–H and O–H groups in total. The van der Waals surface area contributed by atoms with Crippen molar-refractivity contribution in [2.75, 3.05) is 26.5 Å². The zero-order valence-corrected chi connectivity index (χ0v) is 18.0. The van der Waals surface area contributed by atoms with Gasteiger partial charge in [-0.1, -0.05) is 12.1 Å². The number of methoxy groups -OCH3 is 2. The average molecular weight is 446 g/mol. The van der Waals surface area contributed by atoms with Crippen molar-refractivity contribution >= 4 is 40.2 Å². The van der Waals surface area contributed by atoms with Gasteiger partial charge in [0.1, 0.15) is 22.0 Å². The van der Waals surface area contributed by atoms with Crippen LogP contribution in [-0.4, -0.2) is 49.5 Å². The molecule has 0 atom stereocenters. The second-order valence-electron chi connectivity index (χ2n) is 6.82. The zero-order chi connectivity index (χ0) is 22.5. The van der Waals surface area contributed by atoms with E-state index in [9.17, 15) is 19.2 Å². The summed E-state index contributed by atoms with van der Waals surface area (Å²) >= 11 is 0.861. The van der Waals surface area contributed by atoms with E-state index in [4.69, 9.17) is 19.9 Å². The molecule has 1 aromatic carbocycles. The molecule has 1 fully saturated rings. The molecule has 0 bridgehead atoms. The molecule has 0 aliphatic carbocycles. The second-order valence-corrected chi connectivity index (χ2v) is 7.88. The van der Waals surface area contributed by atoms with Crippen LogP contribution >= 0.6 is 11.3 Å². The van der Waals surface area contributed by atoms with Crippen molar-refractivity contribution < 1.29 is 33.4 Å². The van der Waals surface area contributed by atoms with E-state index >= 15 is 0 Å². The summed E-state index contributed by atoms with van der Waals surface area (Å²) < 4.78 is 14.8. The number of nitrogen functional groups attached to an aromatic ring is 1. The number of likely N-dealkylation sites (tertiary alicyclic amines) is 1. The fraction of sp³-hybridized carbons (Fsp3) is 0.333. The van der Waals surface area contributed by atoms with E-state index in [2.05, 4.69) is 0 Å². The highest BCUT2D eigenvalue weighted by Crippen LogP contribution is 2.33. The van der Waals surface area contributed by atoms with E-state index < -0.39 is 17.9 Å². The monoisotopic (exact) mass is 446 g/mol. The van der Waals surface area contributed by atoms with E-state index in [0.29, 0.717) is 18.5 Å². The number of rotatable bonds is 7. The summed E-state index contributed by atoms with van der Waals surface area (Å²) in [6, 6.07) is 6.71. The Bertz CT molecular complexity index is 1010. The summed E-state index contributed by atoms with van der Waals surface area (Å²) in [5.74, 6) is -1.95. The molecule has 0 radical (unpaired) electrons. The van der Waals surface area contributed by atoms with Crippen molar-refractivity contribution in [3.05, 3.63) is 51.4 Å². The molecular formula is C21H22N2O7S. The maximum absolute atomic E-state index is 12.5. The van der Waals surface area contributed by atoms with Crippen molar-refractivity contribution in [3.63, 3.8) is 0 Å². The summed E-state index contributed by atoms with van der Waals surface area (Å²) in [7, 11) is 2.38. The third-order valence-corrected chi connectivity index (χ3v) is 5.92. The fourth-order valence-electron chi connectivity index (χ4n) is 3.26. The molecule has 1 aliphatic heterocycles. The first-order valence-corrected chi connectivity index (χ1v) is 10.3. The normalized spacial score (nSPS) is 13.2. The molecule has 1 amide bonds. The van der Waals surface area contributed by atoms with Gasteiger partial charge in [0, 0.05) is 25.1 Å². The number of ether oxygens (including phenoxy) is 3. The van der Waals surface area contributed by atoms with Gasteiger partial charge in [0.25, 0.3) is 0 Å². The Hall–Kier alpha value is -3.40. The van der Waals surface area contributed by atoms with Gasteiger partial charge in [0.05, 0.1) is 19.8 Å². The summed E-state index contributed by atoms with van der Waals surface area (Å²) in [4.78, 5) is 50.2. The molecule has 2 heterocycles. The topological polar surface area (TPSA) is 125 Å². The molecular weight excluding hydrogens is 424 g/mol. The Kier molecular flexibility index (Phi) is 6.91. The first kappa shape index (κ1) is 22.3. The lowest BCUT2D eigenvalue weighted by atomic mass is 10.1. The van der Waals surface area contributed by atoms with E-state index in [1.54, 1.807) is 29.2 Å². The number of nitrogens with two attached hydrogens (primary N) is 1. The third kappa shape index (κ3) is 4.85. The number of nitrogens with zero attached hydrogens (tertiary/aromatic N) is 1. The number of carbonyl (C=O) groups excluding carboxylic acids is 4. The van der Waals surface area contributed by atoms with Crippen molar-refractivity contribution in [2.45, 2.75) is 26.0 Å². The van der Waals surface area contributed by atoms with Gasteiger partial charge in [-0.15, -0.1) is 11.3 Å². The van der Waals surface area contributed by atoms with Gasteiger partial charge in [-0.3, -0.25) is 4.79 Å². The van der Waals surface area contributed by atoms with E-state index in [1.807, 2.05) is 0 Å². The summed E-state index contributed by atoms with van der Waals surface area (Å²) in [6.07, 6.45) is 1.43. The quantitative estimate of drug-likeness (QED) is 0.508. The lowest BCUT2D eigenvalue weighted by molar-refractivity contribution is -0.128. The standard InChI is InChI=1S/C21H22N2O7S/c1-28-20(26)16-14(17(21(27)29-2)31-18(16)22)11-30-19(25)13-7-5-12(6-8-13)10-23-9-3-4-15(23)24/h5-8H,3-4,9-11,22H2,1-2H3. The Morgan fingerprint density at radius 1 is 1.06 bits per heavy atom. The molecule has 0 spiro atoms. The number of carbonyl (C=O) groups is 4. The van der Waals surface area contributed by atoms with Gasteiger partial charge in [-0.05, 0) is 24.1 Å². The number of thiophene rings is 1. The fourth-order valence-corrected chi connectivity index (χ4v) is 4.24. The van der Waals surface area contributed by atoms with Gasteiger partial charge in [0.2, 0.25) is 5.91 Å². The first-order chi connectivity index (χ1) is 14.8. The van der Waals surface area contributed by atoms with Crippen LogP contribution in [-0.2, 0) is 32.2 Å². The zero-order valence-electron chi connectivity index (χ0n) is 17.1. The van der Waals surface area contributed by atoms with Crippen LogP contribution < -0.4 is 5.73 Å². The van der Waals surface area contributed by atoms with Crippen LogP contribution in [0.15, 0.2) is 24.3 Å². The highest BCUT2D eigenvalue weighted by molar-refractivity contribution is 7.18. The smallest absolute Gasteiger partial charge is 0.348 e. The minimum atomic E-state index is -0.740. The molecule has 1 aromatic heterocycles. The lowest BCUT2D eigenvalue weighted by Gasteiger charge is -2.15. The highest BCUT2D eigenvalue weighted by Gasteiger charge is 2.28. The predicted molar refractivity (Wildman–Crippen MR) is 112 cm³/mol. The summed E-state index contributed by atoms with van der Waals surface area (Å²) in [6.45, 7) is 0.871. The summed E-state index contributed by atoms with van der Waals surface area (Å²) in [5.41, 5.74) is 7.17. The predicted octanol–water partition coefficient (Wildman–Crippen LogP) is 2.38. The Morgan fingerprint density at radius 3 is 2.32 bits per heavy atom. The van der Waals surface area contributed by atoms with E-state index in [0.717, 1.165) is 29.9 Å². The molecule has 1 saturated heterocycles. The highest BCUT2D eigenvalue weighted by atomic mass is 32.1. The van der Waals surface area contributed by atoms with Crippen LogP contribution in [0.2, 0.25) is 0 Å². The number of amides is 1. The van der Waals surface area contributed by atoms with Crippen molar-refractivity contribution in [1.82, 2.24) is 4.90 Å². The van der Waals surface area contributed by atoms with Gasteiger partial charge in [-0.2, -0.15) is 0 Å². The van der Waals surface area contributed by atoms with Gasteiger partial charge >= 0.3 is 17.9 Å². The van der Waals surface area contributed by atoms with Gasteiger partial charge in [0.15, 0.2) is 0 Å². The average Bonchev–Trinajstić information content (AvgIpc) is 3.33. The van der Waals surface area contributed by atoms with Crippen LogP contribution in [0.1, 0.15) is 54.4 Å². The van der Waals surface area contributed by atoms with Crippen LogP contribution in [0.5, 0.6) is 0 Å². The number of hydrogen-bond donors (Lipinski definition) is 1. The number of anilines is 1. The van der Waals surface area contributed by atoms with E-state index in [-0.39, 0.29) is 33.5 Å². The Balaban J connectivity index is 1.72. The molecule has 31 heavy (non-hydrogen) atoms. The van der Waals surface area contributed by atoms with E-state index in [1.165, 1.54) is 14.2 Å². The molecule has 0 unspecified atom stereocenters. The van der Waals surface area contributed by atoms with Gasteiger partial charge < -0.3 is 24.8 Å². The van der Waals surface area contributed by atoms with Crippen molar-refractivity contribution in [3.8, 4) is 0 Å². The molecule has 164 valence electrons. The van der Waals surface area contributed by atoms with Crippen LogP contribution in [0.4, 0.5) is 5.00 Å². The number of esters is 3. The second kappa shape index (κ2) is 9.61. The maximum atomic E-state index is 12.5. The molecule has 0 saturated carbocycles.